The summed E-state index contributed by atoms with van der Waals surface area (Å²) in [4.78, 5) is 28.9. The number of halogens is 2. The molecule has 146 valence electrons. The SMILES string of the molecule is CCOc1nc(-c2ccncn2)cc(=O)n1-c1ccc(OCC(C)(F)F)nc1. The van der Waals surface area contributed by atoms with Gasteiger partial charge >= 0.3 is 6.01 Å². The molecular formula is C18H17F2N5O3. The predicted molar refractivity (Wildman–Crippen MR) is 95.9 cm³/mol. The maximum absolute atomic E-state index is 12.9. The second kappa shape index (κ2) is 8.07. The molecule has 0 aromatic carbocycles. The van der Waals surface area contributed by atoms with Gasteiger partial charge in [-0.15, -0.1) is 0 Å². The molecule has 10 heteroatoms. The van der Waals surface area contributed by atoms with E-state index in [9.17, 15) is 13.6 Å². The molecular weight excluding hydrogens is 372 g/mol. The van der Waals surface area contributed by atoms with E-state index in [1.165, 1.54) is 35.3 Å². The van der Waals surface area contributed by atoms with E-state index >= 15 is 0 Å². The smallest absolute Gasteiger partial charge is 0.304 e. The van der Waals surface area contributed by atoms with Crippen molar-refractivity contribution in [3.05, 3.63) is 53.3 Å². The second-order valence-corrected chi connectivity index (χ2v) is 5.84. The first-order valence-corrected chi connectivity index (χ1v) is 8.38. The van der Waals surface area contributed by atoms with Gasteiger partial charge in [0.2, 0.25) is 5.88 Å². The van der Waals surface area contributed by atoms with E-state index < -0.39 is 18.1 Å². The number of nitrogens with zero attached hydrogens (tertiary/aromatic N) is 5. The number of alkyl halides is 2. The predicted octanol–water partition coefficient (Wildman–Crippen LogP) is 2.52. The number of hydrogen-bond acceptors (Lipinski definition) is 7. The molecule has 0 atom stereocenters. The van der Waals surface area contributed by atoms with Crippen molar-refractivity contribution in [3.8, 4) is 29.0 Å². The largest absolute Gasteiger partial charge is 0.471 e. The summed E-state index contributed by atoms with van der Waals surface area (Å²) in [6.07, 6.45) is 4.21. The van der Waals surface area contributed by atoms with Crippen LogP contribution in [0.3, 0.4) is 0 Å². The van der Waals surface area contributed by atoms with Crippen molar-refractivity contribution in [2.24, 2.45) is 0 Å². The molecule has 3 aromatic heterocycles. The molecule has 0 radical (unpaired) electrons. The molecule has 0 N–H and O–H groups in total. The van der Waals surface area contributed by atoms with Gasteiger partial charge in [0.05, 0.1) is 29.9 Å². The quantitative estimate of drug-likeness (QED) is 0.613. The van der Waals surface area contributed by atoms with Crippen molar-refractivity contribution in [1.29, 1.82) is 0 Å². The van der Waals surface area contributed by atoms with Gasteiger partial charge in [0.15, 0.2) is 6.61 Å². The van der Waals surface area contributed by atoms with Gasteiger partial charge in [-0.1, -0.05) is 0 Å². The minimum atomic E-state index is -2.97. The Hall–Kier alpha value is -3.43. The van der Waals surface area contributed by atoms with E-state index in [1.807, 2.05) is 0 Å². The summed E-state index contributed by atoms with van der Waals surface area (Å²) in [7, 11) is 0. The fourth-order valence-corrected chi connectivity index (χ4v) is 2.29. The Morgan fingerprint density at radius 2 is 1.96 bits per heavy atom. The molecule has 0 aliphatic carbocycles. The molecule has 0 aliphatic rings. The van der Waals surface area contributed by atoms with Gasteiger partial charge in [0.25, 0.3) is 11.5 Å². The van der Waals surface area contributed by atoms with Crippen LogP contribution in [0, 0.1) is 0 Å². The molecule has 0 amide bonds. The van der Waals surface area contributed by atoms with Crippen LogP contribution in [-0.2, 0) is 0 Å². The zero-order chi connectivity index (χ0) is 20.1. The van der Waals surface area contributed by atoms with Crippen molar-refractivity contribution >= 4 is 0 Å². The summed E-state index contributed by atoms with van der Waals surface area (Å²) in [6.45, 7) is 1.99. The summed E-state index contributed by atoms with van der Waals surface area (Å²) in [5.74, 6) is -2.96. The highest BCUT2D eigenvalue weighted by Crippen LogP contribution is 2.20. The molecule has 3 rings (SSSR count). The van der Waals surface area contributed by atoms with Gasteiger partial charge in [0.1, 0.15) is 6.33 Å². The van der Waals surface area contributed by atoms with Crippen LogP contribution in [0.4, 0.5) is 8.78 Å². The standard InChI is InChI=1S/C18H17F2N5O3/c1-3-27-17-24-14(13-6-7-21-11-23-13)8-16(26)25(17)12-4-5-15(22-9-12)28-10-18(2,19)20/h4-9,11H,3,10H2,1-2H3. The first kappa shape index (κ1) is 19.3. The van der Waals surface area contributed by atoms with Crippen molar-refractivity contribution in [3.63, 3.8) is 0 Å². The number of ether oxygens (including phenoxy) is 2. The Balaban J connectivity index is 1.96. The highest BCUT2D eigenvalue weighted by molar-refractivity contribution is 5.53. The zero-order valence-corrected chi connectivity index (χ0v) is 15.2. The van der Waals surface area contributed by atoms with Gasteiger partial charge in [-0.25, -0.2) is 28.3 Å². The van der Waals surface area contributed by atoms with E-state index in [2.05, 4.69) is 19.9 Å². The van der Waals surface area contributed by atoms with Crippen LogP contribution in [-0.4, -0.2) is 43.6 Å². The highest BCUT2D eigenvalue weighted by atomic mass is 19.3. The second-order valence-electron chi connectivity index (χ2n) is 5.84. The fraction of sp³-hybridized carbons (Fsp3) is 0.278. The summed E-state index contributed by atoms with van der Waals surface area (Å²) >= 11 is 0. The lowest BCUT2D eigenvalue weighted by atomic mass is 10.3. The molecule has 0 spiro atoms. The maximum atomic E-state index is 12.9. The van der Waals surface area contributed by atoms with Crippen LogP contribution >= 0.6 is 0 Å². The van der Waals surface area contributed by atoms with Gasteiger partial charge in [-0.2, -0.15) is 4.98 Å². The van der Waals surface area contributed by atoms with Crippen LogP contribution < -0.4 is 15.0 Å². The van der Waals surface area contributed by atoms with Crippen molar-refractivity contribution in [2.45, 2.75) is 19.8 Å². The molecule has 0 bridgehead atoms. The molecule has 0 saturated carbocycles. The third-order valence-electron chi connectivity index (χ3n) is 3.46. The molecule has 3 aromatic rings. The summed E-state index contributed by atoms with van der Waals surface area (Å²) in [5, 5.41) is 0. The molecule has 0 saturated heterocycles. The molecule has 0 aliphatic heterocycles. The Morgan fingerprint density at radius 3 is 2.57 bits per heavy atom. The number of aromatic nitrogens is 5. The summed E-state index contributed by atoms with van der Waals surface area (Å²) < 4.78 is 37.4. The number of pyridine rings is 1. The van der Waals surface area contributed by atoms with Crippen LogP contribution in [0.5, 0.6) is 11.9 Å². The van der Waals surface area contributed by atoms with Gasteiger partial charge in [-0.05, 0) is 19.1 Å². The average molecular weight is 389 g/mol. The Morgan fingerprint density at radius 1 is 1.14 bits per heavy atom. The lowest BCUT2D eigenvalue weighted by Crippen LogP contribution is -2.22. The van der Waals surface area contributed by atoms with E-state index in [0.717, 1.165) is 6.92 Å². The van der Waals surface area contributed by atoms with E-state index in [4.69, 9.17) is 9.47 Å². The first-order chi connectivity index (χ1) is 13.4. The Kier molecular flexibility index (Phi) is 5.57. The molecule has 8 nitrogen and oxygen atoms in total. The molecule has 0 unspecified atom stereocenters. The molecule has 0 fully saturated rings. The van der Waals surface area contributed by atoms with Crippen molar-refractivity contribution in [2.75, 3.05) is 13.2 Å². The van der Waals surface area contributed by atoms with Crippen LogP contribution in [0.25, 0.3) is 17.1 Å². The van der Waals surface area contributed by atoms with E-state index in [-0.39, 0.29) is 18.5 Å². The monoisotopic (exact) mass is 389 g/mol. The molecule has 3 heterocycles. The normalized spacial score (nSPS) is 11.3. The zero-order valence-electron chi connectivity index (χ0n) is 15.2. The third-order valence-corrected chi connectivity index (χ3v) is 3.46. The minimum absolute atomic E-state index is 0.0156. The maximum Gasteiger partial charge on any atom is 0.304 e. The van der Waals surface area contributed by atoms with Crippen LogP contribution in [0.2, 0.25) is 0 Å². The minimum Gasteiger partial charge on any atom is -0.471 e. The van der Waals surface area contributed by atoms with Gasteiger partial charge in [-0.3, -0.25) is 4.79 Å². The van der Waals surface area contributed by atoms with Crippen LogP contribution in [0.15, 0.2) is 47.8 Å². The Labute approximate surface area is 158 Å². The van der Waals surface area contributed by atoms with Crippen LogP contribution in [0.1, 0.15) is 13.8 Å². The van der Waals surface area contributed by atoms with E-state index in [0.29, 0.717) is 17.1 Å². The lowest BCUT2D eigenvalue weighted by Gasteiger charge is -2.14. The highest BCUT2D eigenvalue weighted by Gasteiger charge is 2.22. The topological polar surface area (TPSA) is 92.0 Å². The molecule has 28 heavy (non-hydrogen) atoms. The average Bonchev–Trinajstić information content (AvgIpc) is 2.67. The van der Waals surface area contributed by atoms with Gasteiger partial charge < -0.3 is 9.47 Å². The first-order valence-electron chi connectivity index (χ1n) is 8.38. The van der Waals surface area contributed by atoms with E-state index in [1.54, 1.807) is 19.2 Å². The number of hydrogen-bond donors (Lipinski definition) is 0. The summed E-state index contributed by atoms with van der Waals surface area (Å²) in [6, 6.07) is 5.89. The number of rotatable bonds is 7. The fourth-order valence-electron chi connectivity index (χ4n) is 2.29. The lowest BCUT2D eigenvalue weighted by molar-refractivity contribution is -0.0242. The van der Waals surface area contributed by atoms with Gasteiger partial charge in [0, 0.05) is 25.3 Å². The van der Waals surface area contributed by atoms with Crippen molar-refractivity contribution < 1.29 is 18.3 Å². The van der Waals surface area contributed by atoms with Crippen molar-refractivity contribution in [1.82, 2.24) is 24.5 Å². The third kappa shape index (κ3) is 4.64. The Bertz CT molecular complexity index is 989. The summed E-state index contributed by atoms with van der Waals surface area (Å²) in [5.41, 5.74) is 0.751.